The van der Waals surface area contributed by atoms with Crippen molar-refractivity contribution in [2.45, 2.75) is 12.8 Å². The van der Waals surface area contributed by atoms with Crippen LogP contribution >= 0.6 is 0 Å². The van der Waals surface area contributed by atoms with Crippen molar-refractivity contribution in [3.8, 4) is 0 Å². The van der Waals surface area contributed by atoms with Crippen LogP contribution in [0.15, 0.2) is 39.0 Å². The normalized spacial score (nSPS) is 10.7. The number of hydrogen-bond donors (Lipinski definition) is 3. The van der Waals surface area contributed by atoms with Crippen molar-refractivity contribution < 1.29 is 9.72 Å². The highest BCUT2D eigenvalue weighted by Gasteiger charge is 2.10. The number of aryl methyl sites for hydroxylation is 1. The third-order valence-electron chi connectivity index (χ3n) is 2.90. The molecule has 24 heavy (non-hydrogen) atoms. The van der Waals surface area contributed by atoms with E-state index in [-0.39, 0.29) is 29.8 Å². The molecule has 1 heterocycles. The zero-order valence-corrected chi connectivity index (χ0v) is 12.2. The second-order valence-corrected chi connectivity index (χ2v) is 4.56. The minimum absolute atomic E-state index is 0.00104. The number of aromatic amines is 2. The maximum absolute atomic E-state index is 11.6. The third-order valence-corrected chi connectivity index (χ3v) is 2.90. The lowest BCUT2D eigenvalue weighted by molar-refractivity contribution is -0.385. The smallest absolute Gasteiger partial charge is 0.273 e. The molecule has 0 aliphatic carbocycles. The van der Waals surface area contributed by atoms with Gasteiger partial charge in [-0.2, -0.15) is 10.2 Å². The highest BCUT2D eigenvalue weighted by Crippen LogP contribution is 2.14. The molecule has 0 spiro atoms. The van der Waals surface area contributed by atoms with Gasteiger partial charge in [0.25, 0.3) is 11.2 Å². The Balaban J connectivity index is 1.93. The average Bonchev–Trinajstić information content (AvgIpc) is 2.54. The predicted molar refractivity (Wildman–Crippen MR) is 82.6 cm³/mol. The molecule has 0 fully saturated rings. The average molecular weight is 332 g/mol. The molecule has 1 aromatic carbocycles. The van der Waals surface area contributed by atoms with Crippen LogP contribution < -0.4 is 16.7 Å². The number of para-hydroxylation sites is 1. The number of H-pyrrole nitrogens is 2. The number of rotatable bonds is 6. The zero-order chi connectivity index (χ0) is 17.5. The number of nitrogens with one attached hydrogen (secondary N) is 3. The van der Waals surface area contributed by atoms with Crippen LogP contribution in [0.1, 0.15) is 17.7 Å². The lowest BCUT2D eigenvalue weighted by atomic mass is 10.2. The van der Waals surface area contributed by atoms with Gasteiger partial charge in [0, 0.05) is 18.9 Å². The number of hydrogen-bond acceptors (Lipinski definition) is 7. The first-order valence-corrected chi connectivity index (χ1v) is 6.70. The molecule has 0 radical (unpaired) electrons. The third kappa shape index (κ3) is 4.43. The summed E-state index contributed by atoms with van der Waals surface area (Å²) in [6.45, 7) is 0. The van der Waals surface area contributed by atoms with Crippen molar-refractivity contribution in [3.05, 3.63) is 66.5 Å². The monoisotopic (exact) mass is 332 g/mol. The summed E-state index contributed by atoms with van der Waals surface area (Å²) in [6, 6.07) is 5.92. The second-order valence-electron chi connectivity index (χ2n) is 4.56. The summed E-state index contributed by atoms with van der Waals surface area (Å²) in [5.41, 5.74) is 0.894. The molecule has 0 saturated carbocycles. The summed E-state index contributed by atoms with van der Waals surface area (Å²) in [5, 5.41) is 20.1. The van der Waals surface area contributed by atoms with E-state index >= 15 is 0 Å². The quantitative estimate of drug-likeness (QED) is 0.365. The summed E-state index contributed by atoms with van der Waals surface area (Å²) in [7, 11) is 0. The van der Waals surface area contributed by atoms with Crippen molar-refractivity contribution in [1.82, 2.24) is 20.6 Å². The van der Waals surface area contributed by atoms with Crippen molar-refractivity contribution in [2.24, 2.45) is 5.10 Å². The Labute approximate surface area is 133 Å². The van der Waals surface area contributed by atoms with Crippen LogP contribution in [0.4, 0.5) is 5.69 Å². The Morgan fingerprint density at radius 1 is 1.38 bits per heavy atom. The van der Waals surface area contributed by atoms with Crippen LogP contribution in [0.5, 0.6) is 0 Å². The number of carbonyl (C=O) groups excluding carboxylic acids is 1. The molecule has 0 aliphatic heterocycles. The minimum Gasteiger partial charge on any atom is -0.273 e. The number of nitrogens with zero attached hydrogens (tertiary/aromatic N) is 3. The number of carbonyl (C=O) groups is 1. The standard InChI is InChI=1S/C13H12N6O5/c20-11(6-5-9-12(21)15-13(22)18-16-9)17-14-7-8-3-1-2-4-10(8)19(23)24/h1-4,7H,5-6H2,(H,17,20)(H2,15,18,21,22)/b14-7+. The Morgan fingerprint density at radius 2 is 2.12 bits per heavy atom. The Hall–Kier alpha value is -3.63. The number of nitro groups is 1. The predicted octanol–water partition coefficient (Wildman–Crippen LogP) is -0.551. The first kappa shape index (κ1) is 16.7. The van der Waals surface area contributed by atoms with Gasteiger partial charge in [-0.1, -0.05) is 12.1 Å². The molecule has 1 aromatic heterocycles. The molecule has 2 aromatic rings. The van der Waals surface area contributed by atoms with Gasteiger partial charge in [0.15, 0.2) is 0 Å². The van der Waals surface area contributed by atoms with Crippen LogP contribution in [0.25, 0.3) is 0 Å². The first-order valence-electron chi connectivity index (χ1n) is 6.70. The van der Waals surface area contributed by atoms with Crippen LogP contribution in [0.2, 0.25) is 0 Å². The lowest BCUT2D eigenvalue weighted by Gasteiger charge is -1.99. The van der Waals surface area contributed by atoms with E-state index in [9.17, 15) is 24.5 Å². The Morgan fingerprint density at radius 3 is 2.83 bits per heavy atom. The second kappa shape index (κ2) is 7.58. The molecule has 1 amide bonds. The van der Waals surface area contributed by atoms with Gasteiger partial charge in [-0.15, -0.1) is 0 Å². The minimum atomic E-state index is -0.734. The van der Waals surface area contributed by atoms with Crippen molar-refractivity contribution in [2.75, 3.05) is 0 Å². The van der Waals surface area contributed by atoms with Gasteiger partial charge in [0.05, 0.1) is 16.7 Å². The number of amides is 1. The maximum atomic E-state index is 11.6. The van der Waals surface area contributed by atoms with E-state index in [4.69, 9.17) is 0 Å². The summed E-state index contributed by atoms with van der Waals surface area (Å²) in [5.74, 6) is -0.516. The van der Waals surface area contributed by atoms with E-state index in [1.54, 1.807) is 6.07 Å². The van der Waals surface area contributed by atoms with E-state index in [0.717, 1.165) is 6.21 Å². The van der Waals surface area contributed by atoms with Crippen LogP contribution in [-0.4, -0.2) is 32.2 Å². The van der Waals surface area contributed by atoms with Crippen LogP contribution in [0.3, 0.4) is 0 Å². The molecule has 0 saturated heterocycles. The van der Waals surface area contributed by atoms with Gasteiger partial charge in [-0.25, -0.2) is 15.3 Å². The van der Waals surface area contributed by atoms with Crippen LogP contribution in [-0.2, 0) is 11.2 Å². The number of aromatic nitrogens is 3. The van der Waals surface area contributed by atoms with E-state index < -0.39 is 22.1 Å². The van der Waals surface area contributed by atoms with E-state index in [0.29, 0.717) is 0 Å². The zero-order valence-electron chi connectivity index (χ0n) is 12.2. The van der Waals surface area contributed by atoms with E-state index in [1.807, 2.05) is 4.98 Å². The SMILES string of the molecule is O=C(CCc1n[nH]c(=O)[nH]c1=O)N/N=C/c1ccccc1[N+](=O)[O-]. The van der Waals surface area contributed by atoms with Gasteiger partial charge in [0.2, 0.25) is 5.91 Å². The molecule has 0 bridgehead atoms. The van der Waals surface area contributed by atoms with Crippen molar-refractivity contribution in [3.63, 3.8) is 0 Å². The largest absolute Gasteiger partial charge is 0.342 e. The molecule has 11 heteroatoms. The molecular weight excluding hydrogens is 320 g/mol. The fraction of sp³-hybridized carbons (Fsp3) is 0.154. The summed E-state index contributed by atoms with van der Waals surface area (Å²) < 4.78 is 0. The molecule has 0 aliphatic rings. The topological polar surface area (TPSA) is 163 Å². The molecule has 11 nitrogen and oxygen atoms in total. The van der Waals surface area contributed by atoms with Gasteiger partial charge >= 0.3 is 5.69 Å². The van der Waals surface area contributed by atoms with Crippen molar-refractivity contribution >= 4 is 17.8 Å². The van der Waals surface area contributed by atoms with E-state index in [1.165, 1.54) is 18.2 Å². The Kier molecular flexibility index (Phi) is 5.28. The molecule has 0 unspecified atom stereocenters. The molecule has 2 rings (SSSR count). The number of benzene rings is 1. The molecule has 124 valence electrons. The van der Waals surface area contributed by atoms with Crippen LogP contribution in [0, 0.1) is 10.1 Å². The van der Waals surface area contributed by atoms with Gasteiger partial charge < -0.3 is 0 Å². The fourth-order valence-electron chi connectivity index (χ4n) is 1.77. The highest BCUT2D eigenvalue weighted by atomic mass is 16.6. The maximum Gasteiger partial charge on any atom is 0.342 e. The fourth-order valence-corrected chi connectivity index (χ4v) is 1.77. The highest BCUT2D eigenvalue weighted by molar-refractivity contribution is 5.86. The molecule has 3 N–H and O–H groups in total. The van der Waals surface area contributed by atoms with E-state index in [2.05, 4.69) is 20.7 Å². The summed E-state index contributed by atoms with van der Waals surface area (Å²) in [6.07, 6.45) is 1.05. The summed E-state index contributed by atoms with van der Waals surface area (Å²) >= 11 is 0. The van der Waals surface area contributed by atoms with Gasteiger partial charge in [-0.05, 0) is 6.07 Å². The molecular formula is C13H12N6O5. The first-order chi connectivity index (χ1) is 11.5. The Bertz CT molecular complexity index is 900. The summed E-state index contributed by atoms with van der Waals surface area (Å²) in [4.78, 5) is 46.1. The lowest BCUT2D eigenvalue weighted by Crippen LogP contribution is -2.28. The van der Waals surface area contributed by atoms with Gasteiger partial charge in [0.1, 0.15) is 5.69 Å². The number of nitro benzene ring substituents is 1. The number of hydrazone groups is 1. The van der Waals surface area contributed by atoms with Crippen molar-refractivity contribution in [1.29, 1.82) is 0 Å². The van der Waals surface area contributed by atoms with Gasteiger partial charge in [-0.3, -0.25) is 24.7 Å². The molecule has 0 atom stereocenters.